The van der Waals surface area contributed by atoms with E-state index < -0.39 is 17.7 Å². The molecule has 2 aromatic carbocycles. The van der Waals surface area contributed by atoms with Gasteiger partial charge in [-0.05, 0) is 50.3 Å². The van der Waals surface area contributed by atoms with E-state index >= 15 is 0 Å². The van der Waals surface area contributed by atoms with Gasteiger partial charge in [0.2, 0.25) is 5.91 Å². The summed E-state index contributed by atoms with van der Waals surface area (Å²) >= 11 is 0. The highest BCUT2D eigenvalue weighted by Gasteiger charge is 2.34. The van der Waals surface area contributed by atoms with Crippen LogP contribution in [0.15, 0.2) is 54.6 Å². The number of nitrogens with zero attached hydrogens (tertiary/aromatic N) is 1. The number of alkyl carbamates (subject to hydrolysis) is 1. The zero-order valence-electron chi connectivity index (χ0n) is 18.5. The van der Waals surface area contributed by atoms with Gasteiger partial charge in [0.25, 0.3) is 0 Å². The van der Waals surface area contributed by atoms with Crippen LogP contribution in [0.5, 0.6) is 0 Å². The van der Waals surface area contributed by atoms with Gasteiger partial charge >= 0.3 is 6.09 Å². The van der Waals surface area contributed by atoms with Gasteiger partial charge < -0.3 is 20.1 Å². The van der Waals surface area contributed by atoms with Crippen LogP contribution in [0.25, 0.3) is 11.1 Å². The number of carbonyl (C=O) groups is 2. The summed E-state index contributed by atoms with van der Waals surface area (Å²) in [4.78, 5) is 27.3. The number of aliphatic hydroxyl groups excluding tert-OH is 1. The average molecular weight is 425 g/mol. The standard InChI is InChI=1S/C25H32N2O4/c1-25(2,3)31-24(30)26-22(23(29)27-15-7-10-21(27)17-28)16-18-11-13-20(14-12-18)19-8-5-4-6-9-19/h4-6,8-9,11-14,21-22,28H,7,10,15-17H2,1-3H3,(H,26,30)/t21-,22-/m0/s1. The maximum Gasteiger partial charge on any atom is 0.408 e. The van der Waals surface area contributed by atoms with Crippen molar-refractivity contribution in [3.05, 3.63) is 60.2 Å². The fourth-order valence-corrected chi connectivity index (χ4v) is 3.87. The predicted molar refractivity (Wildman–Crippen MR) is 121 cm³/mol. The average Bonchev–Trinajstić information content (AvgIpc) is 3.21. The van der Waals surface area contributed by atoms with Crippen LogP contribution in [0, 0.1) is 0 Å². The number of nitrogens with one attached hydrogen (secondary N) is 1. The SMILES string of the molecule is CC(C)(C)OC(=O)N[C@@H](Cc1ccc(-c2ccccc2)cc1)C(=O)N1CCC[C@H]1CO. The van der Waals surface area contributed by atoms with E-state index in [0.29, 0.717) is 13.0 Å². The Labute approximate surface area is 184 Å². The summed E-state index contributed by atoms with van der Waals surface area (Å²) in [5.74, 6) is -0.186. The van der Waals surface area contributed by atoms with Crippen LogP contribution in [-0.4, -0.2) is 52.8 Å². The number of carbonyl (C=O) groups excluding carboxylic acids is 2. The topological polar surface area (TPSA) is 78.9 Å². The Balaban J connectivity index is 1.77. The number of benzene rings is 2. The summed E-state index contributed by atoms with van der Waals surface area (Å²) in [5.41, 5.74) is 2.49. The zero-order chi connectivity index (χ0) is 22.4. The highest BCUT2D eigenvalue weighted by molar-refractivity contribution is 5.86. The molecule has 2 atom stereocenters. The van der Waals surface area contributed by atoms with Crippen molar-refractivity contribution in [1.29, 1.82) is 0 Å². The van der Waals surface area contributed by atoms with E-state index in [1.165, 1.54) is 0 Å². The predicted octanol–water partition coefficient (Wildman–Crippen LogP) is 3.77. The number of hydrogen-bond acceptors (Lipinski definition) is 4. The molecule has 1 fully saturated rings. The summed E-state index contributed by atoms with van der Waals surface area (Å²) in [7, 11) is 0. The summed E-state index contributed by atoms with van der Waals surface area (Å²) in [6, 6.07) is 17.1. The smallest absolute Gasteiger partial charge is 0.408 e. The third-order valence-electron chi connectivity index (χ3n) is 5.36. The summed E-state index contributed by atoms with van der Waals surface area (Å²) in [5, 5.41) is 12.4. The molecule has 6 nitrogen and oxygen atoms in total. The monoisotopic (exact) mass is 424 g/mol. The van der Waals surface area contributed by atoms with Crippen LogP contribution in [0.2, 0.25) is 0 Å². The number of hydrogen-bond donors (Lipinski definition) is 2. The number of aliphatic hydroxyl groups is 1. The number of likely N-dealkylation sites (tertiary alicyclic amines) is 1. The lowest BCUT2D eigenvalue weighted by Gasteiger charge is -2.29. The minimum atomic E-state index is -0.760. The van der Waals surface area contributed by atoms with E-state index in [1.807, 2.05) is 54.6 Å². The second-order valence-electron chi connectivity index (χ2n) is 8.98. The molecule has 1 aliphatic heterocycles. The molecule has 1 saturated heterocycles. The van der Waals surface area contributed by atoms with Crippen molar-refractivity contribution >= 4 is 12.0 Å². The second kappa shape index (κ2) is 9.96. The molecular weight excluding hydrogens is 392 g/mol. The lowest BCUT2D eigenvalue weighted by atomic mass is 10.00. The maximum atomic E-state index is 13.3. The van der Waals surface area contributed by atoms with Gasteiger partial charge in [-0.2, -0.15) is 0 Å². The molecule has 0 spiro atoms. The van der Waals surface area contributed by atoms with Gasteiger partial charge in [-0.1, -0.05) is 54.6 Å². The van der Waals surface area contributed by atoms with E-state index in [0.717, 1.165) is 29.5 Å². The second-order valence-corrected chi connectivity index (χ2v) is 8.98. The molecule has 0 radical (unpaired) electrons. The van der Waals surface area contributed by atoms with Crippen LogP contribution in [0.1, 0.15) is 39.2 Å². The summed E-state index contributed by atoms with van der Waals surface area (Å²) in [6.45, 7) is 5.87. The number of amides is 2. The zero-order valence-corrected chi connectivity index (χ0v) is 18.5. The Morgan fingerprint density at radius 3 is 2.35 bits per heavy atom. The van der Waals surface area contributed by atoms with E-state index in [-0.39, 0.29) is 18.6 Å². The van der Waals surface area contributed by atoms with Crippen molar-refractivity contribution in [3.63, 3.8) is 0 Å². The Hall–Kier alpha value is -2.86. The first-order chi connectivity index (χ1) is 14.8. The van der Waals surface area contributed by atoms with Crippen LogP contribution >= 0.6 is 0 Å². The first-order valence-electron chi connectivity index (χ1n) is 10.8. The minimum absolute atomic E-state index is 0.0727. The number of rotatable bonds is 6. The Morgan fingerprint density at radius 2 is 1.74 bits per heavy atom. The third-order valence-corrected chi connectivity index (χ3v) is 5.36. The summed E-state index contributed by atoms with van der Waals surface area (Å²) in [6.07, 6.45) is 1.35. The first-order valence-corrected chi connectivity index (χ1v) is 10.8. The van der Waals surface area contributed by atoms with Crippen molar-refractivity contribution in [3.8, 4) is 11.1 Å². The summed E-state index contributed by atoms with van der Waals surface area (Å²) < 4.78 is 5.38. The van der Waals surface area contributed by atoms with Gasteiger partial charge in [0, 0.05) is 13.0 Å². The van der Waals surface area contributed by atoms with E-state index in [4.69, 9.17) is 4.74 Å². The van der Waals surface area contributed by atoms with Gasteiger partial charge in [0.15, 0.2) is 0 Å². The van der Waals surface area contributed by atoms with Gasteiger partial charge in [0.1, 0.15) is 11.6 Å². The molecule has 2 N–H and O–H groups in total. The molecule has 166 valence electrons. The molecular formula is C25H32N2O4. The molecule has 1 heterocycles. The first kappa shape index (κ1) is 22.8. The Morgan fingerprint density at radius 1 is 1.10 bits per heavy atom. The van der Waals surface area contributed by atoms with E-state index in [1.54, 1.807) is 25.7 Å². The van der Waals surface area contributed by atoms with Gasteiger partial charge in [0.05, 0.1) is 12.6 Å². The fourth-order valence-electron chi connectivity index (χ4n) is 3.87. The lowest BCUT2D eigenvalue weighted by molar-refractivity contribution is -0.135. The largest absolute Gasteiger partial charge is 0.444 e. The van der Waals surface area contributed by atoms with Crippen molar-refractivity contribution in [2.75, 3.05) is 13.2 Å². The Bertz CT molecular complexity index is 875. The molecule has 0 bridgehead atoms. The quantitative estimate of drug-likeness (QED) is 0.740. The molecule has 0 aromatic heterocycles. The highest BCUT2D eigenvalue weighted by atomic mass is 16.6. The van der Waals surface area contributed by atoms with Gasteiger partial charge in [-0.3, -0.25) is 4.79 Å². The number of ether oxygens (including phenoxy) is 1. The van der Waals surface area contributed by atoms with Crippen LogP contribution < -0.4 is 5.32 Å². The molecule has 0 saturated carbocycles. The van der Waals surface area contributed by atoms with Crippen LogP contribution in [0.3, 0.4) is 0 Å². The Kier molecular flexibility index (Phi) is 7.33. The highest BCUT2D eigenvalue weighted by Crippen LogP contribution is 2.22. The van der Waals surface area contributed by atoms with Gasteiger partial charge in [-0.15, -0.1) is 0 Å². The van der Waals surface area contributed by atoms with Crippen molar-refractivity contribution in [2.24, 2.45) is 0 Å². The van der Waals surface area contributed by atoms with E-state index in [9.17, 15) is 14.7 Å². The molecule has 6 heteroatoms. The molecule has 3 rings (SSSR count). The molecule has 0 aliphatic carbocycles. The van der Waals surface area contributed by atoms with E-state index in [2.05, 4.69) is 5.32 Å². The molecule has 1 aliphatic rings. The normalized spacial score (nSPS) is 17.3. The van der Waals surface area contributed by atoms with Crippen molar-refractivity contribution < 1.29 is 19.4 Å². The molecule has 2 aromatic rings. The lowest BCUT2D eigenvalue weighted by Crippen LogP contribution is -2.52. The molecule has 2 amide bonds. The maximum absolute atomic E-state index is 13.3. The van der Waals surface area contributed by atoms with Crippen LogP contribution in [0.4, 0.5) is 4.79 Å². The molecule has 0 unspecified atom stereocenters. The minimum Gasteiger partial charge on any atom is -0.444 e. The van der Waals surface area contributed by atoms with Crippen molar-refractivity contribution in [1.82, 2.24) is 10.2 Å². The third kappa shape index (κ3) is 6.31. The van der Waals surface area contributed by atoms with Crippen molar-refractivity contribution in [2.45, 2.75) is 57.7 Å². The molecule has 31 heavy (non-hydrogen) atoms. The van der Waals surface area contributed by atoms with Gasteiger partial charge in [-0.25, -0.2) is 4.79 Å². The fraction of sp³-hybridized carbons (Fsp3) is 0.440. The van der Waals surface area contributed by atoms with Crippen LogP contribution in [-0.2, 0) is 16.0 Å².